The van der Waals surface area contributed by atoms with Gasteiger partial charge in [0.25, 0.3) is 0 Å². The normalized spacial score (nSPS) is 14.4. The molecule has 1 aliphatic rings. The maximum absolute atomic E-state index is 4.66. The van der Waals surface area contributed by atoms with Crippen LogP contribution in [-0.4, -0.2) is 31.8 Å². The molecule has 136 valence electrons. The topological polar surface area (TPSA) is 59.7 Å². The highest BCUT2D eigenvalue weighted by Gasteiger charge is 2.24. The zero-order chi connectivity index (χ0) is 18.4. The van der Waals surface area contributed by atoms with Crippen LogP contribution in [0.15, 0.2) is 43.2 Å². The Morgan fingerprint density at radius 2 is 1.96 bits per heavy atom. The number of benzene rings is 1. The third-order valence-corrected chi connectivity index (χ3v) is 6.65. The first kappa shape index (κ1) is 16.4. The van der Waals surface area contributed by atoms with Gasteiger partial charge in [0.2, 0.25) is 0 Å². The molecule has 1 atom stereocenters. The molecule has 3 heterocycles. The standard InChI is InChI=1S/C20H20N6S/c1-13(14-6-8-15(9-7-14)26-12-21-10-24-26)25(2)19-18-16-4-3-5-17(16)27-20(18)23-11-22-19/h6-13H,3-5H2,1-2H3/t13-/m0/s1. The Labute approximate surface area is 161 Å². The molecule has 27 heavy (non-hydrogen) atoms. The molecular weight excluding hydrogens is 356 g/mol. The fourth-order valence-electron chi connectivity index (χ4n) is 3.83. The van der Waals surface area contributed by atoms with Gasteiger partial charge in [-0.05, 0) is 49.4 Å². The lowest BCUT2D eigenvalue weighted by Gasteiger charge is -2.27. The van der Waals surface area contributed by atoms with E-state index in [1.54, 1.807) is 23.7 Å². The van der Waals surface area contributed by atoms with Crippen LogP contribution in [0.4, 0.5) is 5.82 Å². The number of aromatic nitrogens is 5. The molecular formula is C20H20N6S. The third kappa shape index (κ3) is 2.70. The zero-order valence-electron chi connectivity index (χ0n) is 15.3. The van der Waals surface area contributed by atoms with Gasteiger partial charge in [-0.25, -0.2) is 19.6 Å². The van der Waals surface area contributed by atoms with Gasteiger partial charge in [0.1, 0.15) is 29.6 Å². The summed E-state index contributed by atoms with van der Waals surface area (Å²) in [5, 5.41) is 5.44. The predicted molar refractivity (Wildman–Crippen MR) is 108 cm³/mol. The third-order valence-electron chi connectivity index (χ3n) is 5.46. The summed E-state index contributed by atoms with van der Waals surface area (Å²) in [6.07, 6.45) is 8.52. The summed E-state index contributed by atoms with van der Waals surface area (Å²) >= 11 is 1.83. The molecule has 4 aromatic rings. The molecule has 1 aromatic carbocycles. The molecule has 1 aliphatic carbocycles. The van der Waals surface area contributed by atoms with Crippen molar-refractivity contribution in [1.82, 2.24) is 24.7 Å². The van der Waals surface area contributed by atoms with Gasteiger partial charge in [-0.15, -0.1) is 11.3 Å². The minimum Gasteiger partial charge on any atom is -0.352 e. The molecule has 0 saturated heterocycles. The highest BCUT2D eigenvalue weighted by atomic mass is 32.1. The van der Waals surface area contributed by atoms with Crippen molar-refractivity contribution in [3.63, 3.8) is 0 Å². The second kappa shape index (κ2) is 6.42. The van der Waals surface area contributed by atoms with Crippen molar-refractivity contribution in [3.8, 4) is 5.69 Å². The molecule has 5 rings (SSSR count). The van der Waals surface area contributed by atoms with E-state index >= 15 is 0 Å². The number of nitrogens with zero attached hydrogens (tertiary/aromatic N) is 6. The number of fused-ring (bicyclic) bond motifs is 3. The molecule has 0 spiro atoms. The van der Waals surface area contributed by atoms with E-state index in [0.29, 0.717) is 0 Å². The van der Waals surface area contributed by atoms with Crippen LogP contribution in [0.25, 0.3) is 15.9 Å². The Kier molecular flexibility index (Phi) is 3.89. The molecule has 0 saturated carbocycles. The molecule has 7 heteroatoms. The quantitative estimate of drug-likeness (QED) is 0.540. The van der Waals surface area contributed by atoms with Crippen molar-refractivity contribution in [3.05, 3.63) is 59.3 Å². The van der Waals surface area contributed by atoms with Crippen LogP contribution in [0.1, 0.15) is 35.4 Å². The molecule has 0 aliphatic heterocycles. The van der Waals surface area contributed by atoms with Crippen LogP contribution in [0.3, 0.4) is 0 Å². The minimum atomic E-state index is 0.199. The molecule has 0 bridgehead atoms. The van der Waals surface area contributed by atoms with E-state index in [1.807, 2.05) is 11.3 Å². The average molecular weight is 376 g/mol. The first-order chi connectivity index (χ1) is 13.2. The minimum absolute atomic E-state index is 0.199. The van der Waals surface area contributed by atoms with Crippen LogP contribution in [0.5, 0.6) is 0 Å². The van der Waals surface area contributed by atoms with Crippen LogP contribution in [-0.2, 0) is 12.8 Å². The SMILES string of the molecule is C[C@@H](c1ccc(-n2cncn2)cc1)N(C)c1ncnc2sc3c(c12)CCC3. The second-order valence-electron chi connectivity index (χ2n) is 6.95. The fourth-order valence-corrected chi connectivity index (χ4v) is 5.06. The first-order valence-electron chi connectivity index (χ1n) is 9.15. The van der Waals surface area contributed by atoms with Gasteiger partial charge in [-0.3, -0.25) is 0 Å². The summed E-state index contributed by atoms with van der Waals surface area (Å²) in [6, 6.07) is 8.65. The summed E-state index contributed by atoms with van der Waals surface area (Å²) in [6.45, 7) is 2.21. The van der Waals surface area contributed by atoms with Gasteiger partial charge in [-0.1, -0.05) is 12.1 Å². The summed E-state index contributed by atoms with van der Waals surface area (Å²) in [7, 11) is 2.12. The Balaban J connectivity index is 1.49. The zero-order valence-corrected chi connectivity index (χ0v) is 16.1. The number of aryl methyl sites for hydroxylation is 2. The van der Waals surface area contributed by atoms with Crippen LogP contribution in [0, 0.1) is 0 Å². The molecule has 3 aromatic heterocycles. The molecule has 0 unspecified atom stereocenters. The summed E-state index contributed by atoms with van der Waals surface area (Å²) in [5.41, 5.74) is 3.71. The monoisotopic (exact) mass is 376 g/mol. The Bertz CT molecular complexity index is 1080. The van der Waals surface area contributed by atoms with Crippen molar-refractivity contribution in [1.29, 1.82) is 0 Å². The largest absolute Gasteiger partial charge is 0.352 e. The highest BCUT2D eigenvalue weighted by Crippen LogP contribution is 2.41. The predicted octanol–water partition coefficient (Wildman–Crippen LogP) is 3.96. The van der Waals surface area contributed by atoms with Crippen LogP contribution < -0.4 is 4.90 Å². The molecule has 6 nitrogen and oxygen atoms in total. The van der Waals surface area contributed by atoms with E-state index in [1.165, 1.54) is 34.2 Å². The molecule has 0 amide bonds. The van der Waals surface area contributed by atoms with E-state index in [-0.39, 0.29) is 6.04 Å². The average Bonchev–Trinajstić information content (AvgIpc) is 3.43. The van der Waals surface area contributed by atoms with Gasteiger partial charge in [0.05, 0.1) is 17.1 Å². The smallest absolute Gasteiger partial charge is 0.141 e. The molecule has 0 fully saturated rings. The Morgan fingerprint density at radius 3 is 2.74 bits per heavy atom. The summed E-state index contributed by atoms with van der Waals surface area (Å²) < 4.78 is 1.76. The fraction of sp³-hybridized carbons (Fsp3) is 0.300. The van der Waals surface area contributed by atoms with E-state index < -0.39 is 0 Å². The number of hydrogen-bond donors (Lipinski definition) is 0. The molecule has 0 radical (unpaired) electrons. The lowest BCUT2D eigenvalue weighted by Crippen LogP contribution is -2.23. The van der Waals surface area contributed by atoms with Crippen molar-refractivity contribution in [2.45, 2.75) is 32.2 Å². The maximum Gasteiger partial charge on any atom is 0.141 e. The number of hydrogen-bond acceptors (Lipinski definition) is 6. The van der Waals surface area contributed by atoms with Gasteiger partial charge >= 0.3 is 0 Å². The summed E-state index contributed by atoms with van der Waals surface area (Å²) in [5.74, 6) is 1.03. The van der Waals surface area contributed by atoms with E-state index in [4.69, 9.17) is 0 Å². The van der Waals surface area contributed by atoms with E-state index in [0.717, 1.165) is 22.8 Å². The van der Waals surface area contributed by atoms with Crippen molar-refractivity contribution < 1.29 is 0 Å². The van der Waals surface area contributed by atoms with Crippen LogP contribution in [0.2, 0.25) is 0 Å². The number of thiophene rings is 1. The van der Waals surface area contributed by atoms with Crippen molar-refractivity contribution >= 4 is 27.4 Å². The van der Waals surface area contributed by atoms with Gasteiger partial charge in [-0.2, -0.15) is 5.10 Å². The maximum atomic E-state index is 4.66. The van der Waals surface area contributed by atoms with Crippen molar-refractivity contribution in [2.75, 3.05) is 11.9 Å². The van der Waals surface area contributed by atoms with Gasteiger partial charge in [0.15, 0.2) is 0 Å². The lowest BCUT2D eigenvalue weighted by molar-refractivity contribution is 0.730. The lowest BCUT2D eigenvalue weighted by atomic mass is 10.1. The van der Waals surface area contributed by atoms with Crippen LogP contribution >= 0.6 is 11.3 Å². The van der Waals surface area contributed by atoms with Gasteiger partial charge < -0.3 is 4.90 Å². The highest BCUT2D eigenvalue weighted by molar-refractivity contribution is 7.19. The van der Waals surface area contributed by atoms with E-state index in [9.17, 15) is 0 Å². The summed E-state index contributed by atoms with van der Waals surface area (Å²) in [4.78, 5) is 18.1. The second-order valence-corrected chi connectivity index (χ2v) is 8.04. The van der Waals surface area contributed by atoms with Gasteiger partial charge in [0, 0.05) is 11.9 Å². The van der Waals surface area contributed by atoms with Crippen molar-refractivity contribution in [2.24, 2.45) is 0 Å². The number of rotatable bonds is 4. The number of anilines is 1. The molecule has 0 N–H and O–H groups in total. The van der Waals surface area contributed by atoms with E-state index in [2.05, 4.69) is 63.2 Å². The first-order valence-corrected chi connectivity index (χ1v) is 9.97. The Morgan fingerprint density at radius 1 is 1.11 bits per heavy atom. The Hall–Kier alpha value is -2.80.